The number of nitrogens with one attached hydrogen (secondary N) is 2. The Morgan fingerprint density at radius 1 is 1.22 bits per heavy atom. The number of benzene rings is 2. The molecule has 1 amide bonds. The van der Waals surface area contributed by atoms with Gasteiger partial charge in [0.2, 0.25) is 0 Å². The van der Waals surface area contributed by atoms with Gasteiger partial charge in [-0.25, -0.2) is 0 Å². The van der Waals surface area contributed by atoms with E-state index < -0.39 is 5.54 Å². The maximum atomic E-state index is 13.4. The lowest BCUT2D eigenvalue weighted by Crippen LogP contribution is -2.46. The van der Waals surface area contributed by atoms with Gasteiger partial charge in [0, 0.05) is 12.1 Å². The molecule has 1 heterocycles. The molecule has 2 N–H and O–H groups in total. The van der Waals surface area contributed by atoms with E-state index in [-0.39, 0.29) is 17.8 Å². The van der Waals surface area contributed by atoms with Gasteiger partial charge in [0.15, 0.2) is 5.96 Å². The third-order valence-corrected chi connectivity index (χ3v) is 5.59. The van der Waals surface area contributed by atoms with Crippen molar-refractivity contribution in [2.45, 2.75) is 18.4 Å². The van der Waals surface area contributed by atoms with Crippen LogP contribution >= 0.6 is 11.6 Å². The molecule has 2 aromatic carbocycles. The number of rotatable bonds is 6. The summed E-state index contributed by atoms with van der Waals surface area (Å²) in [6, 6.07) is 15.7. The standard InChI is InChI=1S/C21H22ClN3O2/c1-27-11-10-25-19(26)21(16-8-9-16,24-20(25)23)17-6-2-4-14(12-17)15-5-3-7-18(22)13-15/h2-7,12-13,16H,8-11H2,1H3,(H2,23,24). The minimum absolute atomic E-state index is 0.0599. The number of carbonyl (C=O) groups is 1. The molecule has 0 radical (unpaired) electrons. The third-order valence-electron chi connectivity index (χ3n) is 5.35. The van der Waals surface area contributed by atoms with Crippen LogP contribution in [0.3, 0.4) is 0 Å². The summed E-state index contributed by atoms with van der Waals surface area (Å²) in [6.45, 7) is 0.780. The molecule has 27 heavy (non-hydrogen) atoms. The fraction of sp³-hybridized carbons (Fsp3) is 0.333. The van der Waals surface area contributed by atoms with Gasteiger partial charge in [0.25, 0.3) is 5.91 Å². The van der Waals surface area contributed by atoms with Gasteiger partial charge < -0.3 is 10.1 Å². The number of nitrogens with zero attached hydrogens (tertiary/aromatic N) is 1. The zero-order valence-electron chi connectivity index (χ0n) is 15.2. The lowest BCUT2D eigenvalue weighted by Gasteiger charge is -2.28. The minimum Gasteiger partial charge on any atom is -0.383 e. The van der Waals surface area contributed by atoms with E-state index in [9.17, 15) is 4.79 Å². The van der Waals surface area contributed by atoms with Crippen molar-refractivity contribution >= 4 is 23.5 Å². The minimum atomic E-state index is -0.862. The first-order valence-corrected chi connectivity index (χ1v) is 9.48. The number of carbonyl (C=O) groups excluding carboxylic acids is 1. The fourth-order valence-corrected chi connectivity index (χ4v) is 4.04. The smallest absolute Gasteiger partial charge is 0.260 e. The molecule has 1 saturated carbocycles. The van der Waals surface area contributed by atoms with Crippen LogP contribution in [-0.4, -0.2) is 37.0 Å². The molecule has 2 aromatic rings. The second-order valence-electron chi connectivity index (χ2n) is 7.10. The number of ether oxygens (including phenoxy) is 1. The van der Waals surface area contributed by atoms with E-state index in [1.807, 2.05) is 48.5 Å². The van der Waals surface area contributed by atoms with E-state index in [0.29, 0.717) is 18.2 Å². The van der Waals surface area contributed by atoms with Crippen molar-refractivity contribution in [1.29, 1.82) is 5.41 Å². The van der Waals surface area contributed by atoms with Gasteiger partial charge in [0.1, 0.15) is 5.54 Å². The predicted molar refractivity (Wildman–Crippen MR) is 106 cm³/mol. The number of halogens is 1. The van der Waals surface area contributed by atoms with E-state index >= 15 is 0 Å². The van der Waals surface area contributed by atoms with Crippen LogP contribution in [0.15, 0.2) is 48.5 Å². The summed E-state index contributed by atoms with van der Waals surface area (Å²) in [7, 11) is 1.60. The monoisotopic (exact) mass is 383 g/mol. The highest BCUT2D eigenvalue weighted by Gasteiger charge is 2.58. The van der Waals surface area contributed by atoms with E-state index in [1.165, 1.54) is 4.90 Å². The normalized spacial score (nSPS) is 22.2. The summed E-state index contributed by atoms with van der Waals surface area (Å²) in [6.07, 6.45) is 1.96. The molecule has 0 spiro atoms. The Bertz CT molecular complexity index is 897. The number of hydrogen-bond acceptors (Lipinski definition) is 3. The zero-order chi connectivity index (χ0) is 19.0. The Labute approximate surface area is 163 Å². The van der Waals surface area contributed by atoms with E-state index in [4.69, 9.17) is 21.7 Å². The van der Waals surface area contributed by atoms with Crippen LogP contribution in [0.5, 0.6) is 0 Å². The first-order valence-electron chi connectivity index (χ1n) is 9.10. The molecule has 1 saturated heterocycles. The first-order chi connectivity index (χ1) is 13.1. The topological polar surface area (TPSA) is 65.4 Å². The van der Waals surface area contributed by atoms with E-state index in [1.54, 1.807) is 7.11 Å². The molecule has 1 aliphatic heterocycles. The average molecular weight is 384 g/mol. The Morgan fingerprint density at radius 3 is 2.59 bits per heavy atom. The van der Waals surface area contributed by atoms with Crippen LogP contribution in [0, 0.1) is 11.3 Å². The number of methoxy groups -OCH3 is 1. The molecular weight excluding hydrogens is 362 g/mol. The van der Waals surface area contributed by atoms with Crippen molar-refractivity contribution in [3.8, 4) is 11.1 Å². The van der Waals surface area contributed by atoms with Gasteiger partial charge in [0.05, 0.1) is 13.2 Å². The van der Waals surface area contributed by atoms with Gasteiger partial charge in [-0.2, -0.15) is 0 Å². The highest BCUT2D eigenvalue weighted by atomic mass is 35.5. The predicted octanol–water partition coefficient (Wildman–Crippen LogP) is 3.63. The van der Waals surface area contributed by atoms with E-state index in [0.717, 1.165) is 29.5 Å². The van der Waals surface area contributed by atoms with Crippen LogP contribution in [0.2, 0.25) is 5.02 Å². The summed E-state index contributed by atoms with van der Waals surface area (Å²) in [5, 5.41) is 12.2. The molecule has 0 bridgehead atoms. The molecule has 6 heteroatoms. The SMILES string of the molecule is COCCN1C(=N)NC(c2cccc(-c3cccc(Cl)c3)c2)(C2CC2)C1=O. The largest absolute Gasteiger partial charge is 0.383 e. The fourth-order valence-electron chi connectivity index (χ4n) is 3.85. The van der Waals surface area contributed by atoms with Crippen molar-refractivity contribution in [3.63, 3.8) is 0 Å². The van der Waals surface area contributed by atoms with Crippen molar-refractivity contribution in [1.82, 2.24) is 10.2 Å². The molecular formula is C21H22ClN3O2. The Hall–Kier alpha value is -2.37. The quantitative estimate of drug-likeness (QED) is 0.800. The lowest BCUT2D eigenvalue weighted by atomic mass is 9.83. The molecule has 5 nitrogen and oxygen atoms in total. The number of guanidine groups is 1. The third kappa shape index (κ3) is 3.11. The Morgan fingerprint density at radius 2 is 1.93 bits per heavy atom. The molecule has 140 valence electrons. The molecule has 2 aliphatic rings. The number of amides is 1. The molecule has 2 fully saturated rings. The molecule has 4 rings (SSSR count). The van der Waals surface area contributed by atoms with E-state index in [2.05, 4.69) is 5.32 Å². The lowest BCUT2D eigenvalue weighted by molar-refractivity contribution is -0.132. The Kier molecular flexibility index (Phi) is 4.66. The maximum Gasteiger partial charge on any atom is 0.260 e. The van der Waals surface area contributed by atoms with Crippen LogP contribution < -0.4 is 5.32 Å². The summed E-state index contributed by atoms with van der Waals surface area (Å²) >= 11 is 6.15. The highest BCUT2D eigenvalue weighted by molar-refractivity contribution is 6.30. The van der Waals surface area contributed by atoms with Gasteiger partial charge in [-0.3, -0.25) is 15.1 Å². The van der Waals surface area contributed by atoms with Crippen molar-refractivity contribution in [2.75, 3.05) is 20.3 Å². The zero-order valence-corrected chi connectivity index (χ0v) is 15.9. The summed E-state index contributed by atoms with van der Waals surface area (Å²) < 4.78 is 5.11. The Balaban J connectivity index is 1.75. The second-order valence-corrected chi connectivity index (χ2v) is 7.53. The van der Waals surface area contributed by atoms with Gasteiger partial charge in [-0.05, 0) is 53.6 Å². The second kappa shape index (κ2) is 6.98. The van der Waals surface area contributed by atoms with Crippen molar-refractivity contribution in [2.24, 2.45) is 5.92 Å². The first kappa shape index (κ1) is 18.0. The van der Waals surface area contributed by atoms with Crippen LogP contribution in [-0.2, 0) is 15.1 Å². The summed E-state index contributed by atoms with van der Waals surface area (Å²) in [4.78, 5) is 14.9. The molecule has 1 aliphatic carbocycles. The summed E-state index contributed by atoms with van der Waals surface area (Å²) in [5.74, 6) is 0.292. The number of hydrogen-bond donors (Lipinski definition) is 2. The van der Waals surface area contributed by atoms with Crippen molar-refractivity contribution in [3.05, 3.63) is 59.1 Å². The molecule has 1 unspecified atom stereocenters. The van der Waals surface area contributed by atoms with Crippen LogP contribution in [0.4, 0.5) is 0 Å². The maximum absolute atomic E-state index is 13.4. The van der Waals surface area contributed by atoms with Crippen molar-refractivity contribution < 1.29 is 9.53 Å². The van der Waals surface area contributed by atoms with Gasteiger partial charge >= 0.3 is 0 Å². The van der Waals surface area contributed by atoms with Gasteiger partial charge in [-0.15, -0.1) is 0 Å². The van der Waals surface area contributed by atoms with Crippen LogP contribution in [0.25, 0.3) is 11.1 Å². The highest BCUT2D eigenvalue weighted by Crippen LogP contribution is 2.49. The summed E-state index contributed by atoms with van der Waals surface area (Å²) in [5.41, 5.74) is 2.05. The molecule has 1 atom stereocenters. The van der Waals surface area contributed by atoms with Gasteiger partial charge in [-0.1, -0.05) is 41.9 Å². The van der Waals surface area contributed by atoms with Crippen LogP contribution in [0.1, 0.15) is 18.4 Å². The molecule has 0 aromatic heterocycles. The average Bonchev–Trinajstić information content (AvgIpc) is 3.48.